The molecular formula is C15H20N2OS. The lowest BCUT2D eigenvalue weighted by molar-refractivity contribution is 0.0372. The van der Waals surface area contributed by atoms with Gasteiger partial charge in [0.25, 0.3) is 0 Å². The maximum atomic E-state index is 5.36. The van der Waals surface area contributed by atoms with E-state index in [1.807, 2.05) is 5.51 Å². The average Bonchev–Trinajstić information content (AvgIpc) is 2.92. The Labute approximate surface area is 118 Å². The van der Waals surface area contributed by atoms with E-state index in [4.69, 9.17) is 4.74 Å². The second-order valence-corrected chi connectivity index (χ2v) is 5.95. The van der Waals surface area contributed by atoms with Crippen LogP contribution < -0.4 is 0 Å². The van der Waals surface area contributed by atoms with Gasteiger partial charge in [-0.2, -0.15) is 0 Å². The summed E-state index contributed by atoms with van der Waals surface area (Å²) in [4.78, 5) is 6.83. The van der Waals surface area contributed by atoms with Gasteiger partial charge in [0.2, 0.25) is 0 Å². The standard InChI is InChI=1S/C15H20N2OS/c1(2-6-17-7-9-18-10-8-17)3-13-4-5-14-15(11-13)19-12-16-14/h4-5,11-12H,1-3,6-10H2. The molecule has 0 radical (unpaired) electrons. The zero-order valence-electron chi connectivity index (χ0n) is 11.2. The van der Waals surface area contributed by atoms with Crippen molar-refractivity contribution in [3.05, 3.63) is 29.3 Å². The molecule has 102 valence electrons. The normalized spacial score (nSPS) is 17.1. The molecule has 19 heavy (non-hydrogen) atoms. The molecule has 0 unspecified atom stereocenters. The number of aromatic nitrogens is 1. The monoisotopic (exact) mass is 276 g/mol. The zero-order valence-corrected chi connectivity index (χ0v) is 12.0. The van der Waals surface area contributed by atoms with Crippen LogP contribution in [0, 0.1) is 0 Å². The molecule has 2 aromatic rings. The molecule has 1 aromatic heterocycles. The van der Waals surface area contributed by atoms with Gasteiger partial charge in [-0.05, 0) is 43.5 Å². The number of unbranched alkanes of at least 4 members (excludes halogenated alkanes) is 1. The van der Waals surface area contributed by atoms with Crippen LogP contribution in [0.15, 0.2) is 23.7 Å². The van der Waals surface area contributed by atoms with Crippen LogP contribution in [0.25, 0.3) is 10.2 Å². The molecule has 0 atom stereocenters. The summed E-state index contributed by atoms with van der Waals surface area (Å²) >= 11 is 1.73. The number of hydrogen-bond donors (Lipinski definition) is 0. The molecule has 3 rings (SSSR count). The van der Waals surface area contributed by atoms with Crippen molar-refractivity contribution in [1.29, 1.82) is 0 Å². The minimum atomic E-state index is 0.905. The summed E-state index contributed by atoms with van der Waals surface area (Å²) in [5.41, 5.74) is 4.49. The molecule has 0 spiro atoms. The number of nitrogens with zero attached hydrogens (tertiary/aromatic N) is 2. The lowest BCUT2D eigenvalue weighted by atomic mass is 10.1. The van der Waals surface area contributed by atoms with Crippen LogP contribution in [0.2, 0.25) is 0 Å². The third-order valence-electron chi connectivity index (χ3n) is 3.69. The van der Waals surface area contributed by atoms with Crippen LogP contribution in [-0.4, -0.2) is 42.7 Å². The van der Waals surface area contributed by atoms with Gasteiger partial charge in [-0.3, -0.25) is 4.90 Å². The summed E-state index contributed by atoms with van der Waals surface area (Å²) < 4.78 is 6.67. The predicted molar refractivity (Wildman–Crippen MR) is 79.8 cm³/mol. The summed E-state index contributed by atoms with van der Waals surface area (Å²) in [5, 5.41) is 0. The highest BCUT2D eigenvalue weighted by Gasteiger charge is 2.09. The Morgan fingerprint density at radius 1 is 1.21 bits per heavy atom. The highest BCUT2D eigenvalue weighted by Crippen LogP contribution is 2.20. The largest absolute Gasteiger partial charge is 0.379 e. The number of hydrogen-bond acceptors (Lipinski definition) is 4. The third kappa shape index (κ3) is 3.53. The molecule has 0 amide bonds. The highest BCUT2D eigenvalue weighted by molar-refractivity contribution is 7.16. The fourth-order valence-corrected chi connectivity index (χ4v) is 3.29. The van der Waals surface area contributed by atoms with Crippen molar-refractivity contribution in [3.8, 4) is 0 Å². The van der Waals surface area contributed by atoms with Crippen molar-refractivity contribution in [2.45, 2.75) is 19.3 Å². The zero-order chi connectivity index (χ0) is 12.9. The van der Waals surface area contributed by atoms with Crippen LogP contribution in [-0.2, 0) is 11.2 Å². The number of morpholine rings is 1. The maximum absolute atomic E-state index is 5.36. The number of fused-ring (bicyclic) bond motifs is 1. The molecule has 1 saturated heterocycles. The van der Waals surface area contributed by atoms with Crippen LogP contribution in [0.3, 0.4) is 0 Å². The molecule has 1 aliphatic heterocycles. The molecule has 0 N–H and O–H groups in total. The van der Waals surface area contributed by atoms with Gasteiger partial charge in [0.15, 0.2) is 0 Å². The number of thiazole rings is 1. The van der Waals surface area contributed by atoms with Crippen LogP contribution in [0.5, 0.6) is 0 Å². The topological polar surface area (TPSA) is 25.4 Å². The van der Waals surface area contributed by atoms with E-state index in [2.05, 4.69) is 28.1 Å². The smallest absolute Gasteiger partial charge is 0.0812 e. The van der Waals surface area contributed by atoms with E-state index in [0.717, 1.165) is 31.8 Å². The first kappa shape index (κ1) is 13.0. The van der Waals surface area contributed by atoms with E-state index in [1.165, 1.54) is 36.1 Å². The fourth-order valence-electron chi connectivity index (χ4n) is 2.54. The first-order valence-electron chi connectivity index (χ1n) is 7.04. The Bertz CT molecular complexity index is 520. The van der Waals surface area contributed by atoms with E-state index in [-0.39, 0.29) is 0 Å². The second kappa shape index (κ2) is 6.46. The van der Waals surface area contributed by atoms with Gasteiger partial charge in [-0.15, -0.1) is 11.3 Å². The van der Waals surface area contributed by atoms with Crippen molar-refractivity contribution in [1.82, 2.24) is 9.88 Å². The summed E-state index contributed by atoms with van der Waals surface area (Å²) in [6, 6.07) is 6.65. The van der Waals surface area contributed by atoms with Crippen LogP contribution in [0.1, 0.15) is 18.4 Å². The lowest BCUT2D eigenvalue weighted by Gasteiger charge is -2.26. The van der Waals surface area contributed by atoms with Gasteiger partial charge in [-0.1, -0.05) is 6.07 Å². The maximum Gasteiger partial charge on any atom is 0.0812 e. The molecule has 1 aliphatic rings. The predicted octanol–water partition coefficient (Wildman–Crippen LogP) is 2.95. The van der Waals surface area contributed by atoms with E-state index in [9.17, 15) is 0 Å². The van der Waals surface area contributed by atoms with E-state index >= 15 is 0 Å². The Morgan fingerprint density at radius 2 is 2.11 bits per heavy atom. The van der Waals surface area contributed by atoms with Crippen LogP contribution >= 0.6 is 11.3 Å². The van der Waals surface area contributed by atoms with Crippen molar-refractivity contribution in [2.75, 3.05) is 32.8 Å². The van der Waals surface area contributed by atoms with Crippen molar-refractivity contribution in [2.24, 2.45) is 0 Å². The molecule has 0 bridgehead atoms. The first-order chi connectivity index (χ1) is 9.42. The summed E-state index contributed by atoms with van der Waals surface area (Å²) in [5.74, 6) is 0. The van der Waals surface area contributed by atoms with E-state index < -0.39 is 0 Å². The fraction of sp³-hybridized carbons (Fsp3) is 0.533. The van der Waals surface area contributed by atoms with Crippen molar-refractivity contribution >= 4 is 21.6 Å². The molecule has 0 saturated carbocycles. The van der Waals surface area contributed by atoms with E-state index in [0.29, 0.717) is 0 Å². The third-order valence-corrected chi connectivity index (χ3v) is 4.48. The van der Waals surface area contributed by atoms with Gasteiger partial charge in [0, 0.05) is 13.1 Å². The molecule has 4 heteroatoms. The minimum Gasteiger partial charge on any atom is -0.379 e. The van der Waals surface area contributed by atoms with Crippen molar-refractivity contribution < 1.29 is 4.74 Å². The average molecular weight is 276 g/mol. The van der Waals surface area contributed by atoms with Gasteiger partial charge >= 0.3 is 0 Å². The molecule has 3 nitrogen and oxygen atoms in total. The second-order valence-electron chi connectivity index (χ2n) is 5.07. The van der Waals surface area contributed by atoms with E-state index in [1.54, 1.807) is 11.3 Å². The Morgan fingerprint density at radius 3 is 3.00 bits per heavy atom. The van der Waals surface area contributed by atoms with Gasteiger partial charge in [0.05, 0.1) is 28.9 Å². The number of aryl methyl sites for hydroxylation is 1. The van der Waals surface area contributed by atoms with Crippen molar-refractivity contribution in [3.63, 3.8) is 0 Å². The quantitative estimate of drug-likeness (QED) is 0.785. The Kier molecular flexibility index (Phi) is 4.43. The highest BCUT2D eigenvalue weighted by atomic mass is 32.1. The minimum absolute atomic E-state index is 0.905. The SMILES string of the molecule is c1nc2ccc(CCCCN3CCOCC3)cc2s1. The Balaban J connectivity index is 1.43. The first-order valence-corrected chi connectivity index (χ1v) is 7.92. The molecule has 0 aliphatic carbocycles. The molecule has 1 fully saturated rings. The number of ether oxygens (including phenoxy) is 1. The summed E-state index contributed by atoms with van der Waals surface area (Å²) in [7, 11) is 0. The molecular weight excluding hydrogens is 256 g/mol. The number of rotatable bonds is 5. The molecule has 2 heterocycles. The Hall–Kier alpha value is -0.970. The van der Waals surface area contributed by atoms with Gasteiger partial charge in [-0.25, -0.2) is 4.98 Å². The van der Waals surface area contributed by atoms with Gasteiger partial charge < -0.3 is 4.74 Å². The van der Waals surface area contributed by atoms with Gasteiger partial charge in [0.1, 0.15) is 0 Å². The summed E-state index contributed by atoms with van der Waals surface area (Å²) in [6.07, 6.45) is 3.72. The van der Waals surface area contributed by atoms with Crippen LogP contribution in [0.4, 0.5) is 0 Å². The number of benzene rings is 1. The summed E-state index contributed by atoms with van der Waals surface area (Å²) in [6.45, 7) is 5.23. The lowest BCUT2D eigenvalue weighted by Crippen LogP contribution is -2.36. The molecule has 1 aromatic carbocycles.